The summed E-state index contributed by atoms with van der Waals surface area (Å²) in [5, 5.41) is 26.2. The molecule has 131 heavy (non-hydrogen) atoms. The molecule has 23 aromatic carbocycles. The van der Waals surface area contributed by atoms with Crippen molar-refractivity contribution < 1.29 is 0 Å². The fourth-order valence-corrected chi connectivity index (χ4v) is 21.3. The van der Waals surface area contributed by atoms with Gasteiger partial charge < -0.3 is 4.57 Å². The lowest BCUT2D eigenvalue weighted by Gasteiger charge is -2.22. The Hall–Kier alpha value is -16.9. The monoisotopic (exact) mass is 1660 g/mol. The van der Waals surface area contributed by atoms with Crippen LogP contribution in [0.25, 0.3) is 241 Å². The van der Waals surface area contributed by atoms with Gasteiger partial charge in [0.05, 0.1) is 33.3 Å². The van der Waals surface area contributed by atoms with Crippen LogP contribution >= 0.6 is 0 Å². The number of rotatable bonds is 9. The zero-order valence-electron chi connectivity index (χ0n) is 72.3. The van der Waals surface area contributed by atoms with E-state index in [1.807, 2.05) is 6.07 Å². The molecule has 0 N–H and O–H groups in total. The molecule has 0 spiro atoms. The standard InChI is InChI=1S/C45H32.C42H26N4.C40H26/c1-45(2)43-20-8-7-15-40(43)41-26-25-32(28-44(41)45)35-17-10-18-37-33(16-9-19-38(35)37)29-21-23-30(24-22-29)42-27-31-11-3-4-12-34(31)36-13-5-6-14-39(36)42;1-3-14-28(15-4-1)39-33-20-9-11-21-35(33)43-42(44-39)46-37-26-23-27-13-7-8-18-30(27)38(37)34-25-24-32-31-19-10-12-22-36(31)45(40(32)41(34)46)29-16-5-2-6-17-29;1-2-9-28-22-31(17-16-27(28)8-1)33-21-20-32-23-30(18-19-34(32)24-33)29-11-7-12-35(25-29)40-26-36-10-3-4-13-37(36)38-14-5-6-15-39(38)40/h3-28H,1-2H3;1-26H;1-26H. The highest BCUT2D eigenvalue weighted by Crippen LogP contribution is 2.52. The van der Waals surface area contributed by atoms with Crippen LogP contribution in [0.5, 0.6) is 0 Å². The SMILES string of the molecule is CC1(C)c2ccccc2-c2ccc(-c3cccc4c(-c5ccc(-c6cc7ccccc7c7ccccc67)cc5)cccc34)cc21.c1cc(-c2ccc3cc(-c4ccc5ccccc5c4)ccc3c2)cc(-c2cc3ccccc3c3ccccc23)c1.c1ccc(-c2nc(-n3c4ccc5ccccc5c4c4ccc5c6ccccc6n(-c6ccccc6)c5c43)nc3ccccc23)cc1. The van der Waals surface area contributed by atoms with Crippen molar-refractivity contribution >= 4 is 141 Å². The molecule has 0 unspecified atom stereocenters. The van der Waals surface area contributed by atoms with Gasteiger partial charge in [0.1, 0.15) is 0 Å². The van der Waals surface area contributed by atoms with E-state index in [9.17, 15) is 0 Å². The summed E-state index contributed by atoms with van der Waals surface area (Å²) < 4.78 is 4.71. The second kappa shape index (κ2) is 31.3. The lowest BCUT2D eigenvalue weighted by Crippen LogP contribution is -2.14. The molecule has 1 aliphatic carbocycles. The fourth-order valence-electron chi connectivity index (χ4n) is 21.3. The van der Waals surface area contributed by atoms with Gasteiger partial charge in [0.25, 0.3) is 0 Å². The van der Waals surface area contributed by atoms with E-state index in [1.54, 1.807) is 0 Å². The van der Waals surface area contributed by atoms with Crippen LogP contribution in [-0.2, 0) is 5.41 Å². The van der Waals surface area contributed by atoms with Crippen LogP contribution in [0.15, 0.2) is 473 Å². The summed E-state index contributed by atoms with van der Waals surface area (Å²) in [5.41, 5.74) is 29.1. The summed E-state index contributed by atoms with van der Waals surface area (Å²) in [7, 11) is 0. The predicted molar refractivity (Wildman–Crippen MR) is 557 cm³/mol. The number of nitrogens with zero attached hydrogens (tertiary/aromatic N) is 4. The first-order chi connectivity index (χ1) is 64.7. The Morgan fingerprint density at radius 2 is 0.603 bits per heavy atom. The van der Waals surface area contributed by atoms with Crippen LogP contribution in [0, 0.1) is 0 Å². The van der Waals surface area contributed by atoms with Crippen molar-refractivity contribution in [3.8, 4) is 101 Å². The van der Waals surface area contributed by atoms with Crippen LogP contribution < -0.4 is 0 Å². The molecule has 0 bridgehead atoms. The molecule has 27 rings (SSSR count). The number of aromatic nitrogens is 4. The minimum atomic E-state index is -0.0181. The normalized spacial score (nSPS) is 12.3. The molecule has 3 heterocycles. The highest BCUT2D eigenvalue weighted by Gasteiger charge is 2.36. The number of para-hydroxylation sites is 3. The second-order valence-electron chi connectivity index (χ2n) is 35.3. The van der Waals surface area contributed by atoms with E-state index >= 15 is 0 Å². The fraction of sp³-hybridized carbons (Fsp3) is 0.0236. The second-order valence-corrected chi connectivity index (χ2v) is 35.3. The first-order valence-electron chi connectivity index (χ1n) is 45.3. The molecule has 0 amide bonds. The van der Waals surface area contributed by atoms with Gasteiger partial charge in [-0.05, 0) is 248 Å². The van der Waals surface area contributed by atoms with E-state index in [2.05, 4.69) is 490 Å². The van der Waals surface area contributed by atoms with Crippen molar-refractivity contribution in [3.63, 3.8) is 0 Å². The van der Waals surface area contributed by atoms with Crippen LogP contribution in [0.1, 0.15) is 25.0 Å². The predicted octanol–water partition coefficient (Wildman–Crippen LogP) is 34.4. The van der Waals surface area contributed by atoms with Crippen LogP contribution in [0.2, 0.25) is 0 Å². The van der Waals surface area contributed by atoms with E-state index in [0.29, 0.717) is 5.95 Å². The molecule has 3 aromatic heterocycles. The van der Waals surface area contributed by atoms with Gasteiger partial charge in [0.15, 0.2) is 0 Å². The third kappa shape index (κ3) is 13.0. The van der Waals surface area contributed by atoms with E-state index in [0.717, 1.165) is 44.4 Å². The Balaban J connectivity index is 0.000000106. The molecule has 4 nitrogen and oxygen atoms in total. The molecule has 26 aromatic rings. The molecule has 0 saturated heterocycles. The molecular weight excluding hydrogens is 1580 g/mol. The van der Waals surface area contributed by atoms with Gasteiger partial charge in [0.2, 0.25) is 5.95 Å². The first kappa shape index (κ1) is 76.5. The van der Waals surface area contributed by atoms with Crippen molar-refractivity contribution in [2.24, 2.45) is 0 Å². The number of hydrogen-bond acceptors (Lipinski definition) is 2. The Morgan fingerprint density at radius 3 is 1.27 bits per heavy atom. The van der Waals surface area contributed by atoms with Gasteiger partial charge in [-0.25, -0.2) is 9.97 Å². The van der Waals surface area contributed by atoms with Crippen LogP contribution in [-0.4, -0.2) is 19.1 Å². The van der Waals surface area contributed by atoms with Gasteiger partial charge in [-0.2, -0.15) is 0 Å². The molecular formula is C127H84N4. The molecule has 0 atom stereocenters. The van der Waals surface area contributed by atoms with Gasteiger partial charge >= 0.3 is 0 Å². The van der Waals surface area contributed by atoms with Gasteiger partial charge in [-0.1, -0.05) is 414 Å². The largest absolute Gasteiger partial charge is 0.307 e. The highest BCUT2D eigenvalue weighted by atomic mass is 15.2. The van der Waals surface area contributed by atoms with Crippen molar-refractivity contribution in [2.75, 3.05) is 0 Å². The maximum Gasteiger partial charge on any atom is 0.235 e. The highest BCUT2D eigenvalue weighted by molar-refractivity contribution is 6.29. The van der Waals surface area contributed by atoms with Gasteiger partial charge in [0, 0.05) is 43.6 Å². The Morgan fingerprint density at radius 1 is 0.191 bits per heavy atom. The topological polar surface area (TPSA) is 35.6 Å². The molecule has 0 fully saturated rings. The summed E-state index contributed by atoms with van der Waals surface area (Å²) >= 11 is 0. The Labute approximate surface area is 758 Å². The van der Waals surface area contributed by atoms with Crippen LogP contribution in [0.4, 0.5) is 0 Å². The first-order valence-corrected chi connectivity index (χ1v) is 45.3. The number of hydrogen-bond donors (Lipinski definition) is 0. The maximum absolute atomic E-state index is 5.40. The van der Waals surface area contributed by atoms with Crippen molar-refractivity contribution in [1.29, 1.82) is 0 Å². The average molecular weight is 1670 g/mol. The van der Waals surface area contributed by atoms with E-state index in [1.165, 1.54) is 202 Å². The molecule has 612 valence electrons. The van der Waals surface area contributed by atoms with E-state index < -0.39 is 0 Å². The minimum absolute atomic E-state index is 0.0181. The van der Waals surface area contributed by atoms with Crippen LogP contribution in [0.3, 0.4) is 0 Å². The number of fused-ring (bicyclic) bond motifs is 22. The minimum Gasteiger partial charge on any atom is -0.307 e. The zero-order chi connectivity index (χ0) is 86.8. The quantitative estimate of drug-likeness (QED) is 0.135. The summed E-state index contributed by atoms with van der Waals surface area (Å²) in [5.74, 6) is 0.658. The molecule has 4 heteroatoms. The molecule has 1 aliphatic rings. The summed E-state index contributed by atoms with van der Waals surface area (Å²) in [4.78, 5) is 10.7. The van der Waals surface area contributed by atoms with Crippen molar-refractivity contribution in [2.45, 2.75) is 19.3 Å². The van der Waals surface area contributed by atoms with Gasteiger partial charge in [-0.3, -0.25) is 4.57 Å². The lowest BCUT2D eigenvalue weighted by molar-refractivity contribution is 0.660. The average Bonchev–Trinajstić information content (AvgIpc) is 1.53. The van der Waals surface area contributed by atoms with Crippen molar-refractivity contribution in [3.05, 3.63) is 484 Å². The maximum atomic E-state index is 5.40. The Kier molecular flexibility index (Phi) is 18.3. The van der Waals surface area contributed by atoms with E-state index in [-0.39, 0.29) is 5.41 Å². The Bertz CT molecular complexity index is 9130. The van der Waals surface area contributed by atoms with Gasteiger partial charge in [-0.15, -0.1) is 0 Å². The third-order valence-corrected chi connectivity index (χ3v) is 27.6. The summed E-state index contributed by atoms with van der Waals surface area (Å²) in [6, 6.07) is 172. The third-order valence-electron chi connectivity index (χ3n) is 27.6. The lowest BCUT2D eigenvalue weighted by atomic mass is 9.81. The summed E-state index contributed by atoms with van der Waals surface area (Å²) in [6.45, 7) is 4.71. The number of benzene rings is 23. The molecule has 0 saturated carbocycles. The zero-order valence-corrected chi connectivity index (χ0v) is 72.3. The van der Waals surface area contributed by atoms with Crippen molar-refractivity contribution in [1.82, 2.24) is 19.1 Å². The molecule has 0 radical (unpaired) electrons. The van der Waals surface area contributed by atoms with E-state index in [4.69, 9.17) is 9.97 Å². The summed E-state index contributed by atoms with van der Waals surface area (Å²) in [6.07, 6.45) is 0. The smallest absolute Gasteiger partial charge is 0.235 e. The molecule has 0 aliphatic heterocycles.